The fraction of sp³-hybridized carbons (Fsp3) is 0.368. The van der Waals surface area contributed by atoms with Crippen LogP contribution in [-0.2, 0) is 10.0 Å². The molecule has 26 heavy (non-hydrogen) atoms. The van der Waals surface area contributed by atoms with Gasteiger partial charge in [-0.3, -0.25) is 9.78 Å². The number of pyridine rings is 1. The van der Waals surface area contributed by atoms with Gasteiger partial charge in [0.25, 0.3) is 5.91 Å². The zero-order chi connectivity index (χ0) is 18.7. The molecule has 1 aromatic heterocycles. The van der Waals surface area contributed by atoms with E-state index in [1.165, 1.54) is 0 Å². The SMILES string of the molecule is C[C@@H]1C[C@@H](C)CN(S(=O)(=O)c2ccc(NC(=O)c3ccncc3)cc2)C1. The van der Waals surface area contributed by atoms with Gasteiger partial charge >= 0.3 is 0 Å². The molecular weight excluding hydrogens is 350 g/mol. The lowest BCUT2D eigenvalue weighted by Gasteiger charge is -2.34. The fourth-order valence-electron chi connectivity index (χ4n) is 3.37. The summed E-state index contributed by atoms with van der Waals surface area (Å²) in [5, 5.41) is 2.76. The smallest absolute Gasteiger partial charge is 0.255 e. The molecule has 0 radical (unpaired) electrons. The third kappa shape index (κ3) is 4.11. The minimum absolute atomic E-state index is 0.251. The zero-order valence-corrected chi connectivity index (χ0v) is 15.7. The van der Waals surface area contributed by atoms with E-state index in [1.807, 2.05) is 0 Å². The van der Waals surface area contributed by atoms with Gasteiger partial charge in [-0.2, -0.15) is 4.31 Å². The summed E-state index contributed by atoms with van der Waals surface area (Å²) in [4.78, 5) is 16.3. The van der Waals surface area contributed by atoms with Gasteiger partial charge in [0.15, 0.2) is 0 Å². The zero-order valence-electron chi connectivity index (χ0n) is 14.9. The second-order valence-corrected chi connectivity index (χ2v) is 8.92. The summed E-state index contributed by atoms with van der Waals surface area (Å²) in [5.41, 5.74) is 1.04. The molecule has 3 rings (SSSR count). The Kier molecular flexibility index (Phi) is 5.38. The number of carbonyl (C=O) groups excluding carboxylic acids is 1. The number of carbonyl (C=O) groups is 1. The molecule has 1 aliphatic rings. The van der Waals surface area contributed by atoms with Crippen LogP contribution in [0.4, 0.5) is 5.69 Å². The predicted octanol–water partition coefficient (Wildman–Crippen LogP) is 3.00. The number of benzene rings is 1. The summed E-state index contributed by atoms with van der Waals surface area (Å²) < 4.78 is 27.3. The Morgan fingerprint density at radius 2 is 1.62 bits per heavy atom. The van der Waals surface area contributed by atoms with E-state index in [-0.39, 0.29) is 10.8 Å². The van der Waals surface area contributed by atoms with Gasteiger partial charge in [0.1, 0.15) is 0 Å². The summed E-state index contributed by atoms with van der Waals surface area (Å²) in [5.74, 6) is 0.446. The van der Waals surface area contributed by atoms with E-state index in [9.17, 15) is 13.2 Å². The number of rotatable bonds is 4. The Hall–Kier alpha value is -2.25. The lowest BCUT2D eigenvalue weighted by molar-refractivity contribution is 0.102. The van der Waals surface area contributed by atoms with Crippen LogP contribution in [0.3, 0.4) is 0 Å². The van der Waals surface area contributed by atoms with Crippen LogP contribution < -0.4 is 5.32 Å². The molecule has 2 aromatic rings. The third-order valence-electron chi connectivity index (χ3n) is 4.53. The number of sulfonamides is 1. The van der Waals surface area contributed by atoms with Crippen LogP contribution in [-0.4, -0.2) is 36.7 Å². The summed E-state index contributed by atoms with van der Waals surface area (Å²) in [6, 6.07) is 9.55. The van der Waals surface area contributed by atoms with Crippen molar-refractivity contribution in [3.8, 4) is 0 Å². The average molecular weight is 373 g/mol. The molecule has 0 unspecified atom stereocenters. The number of amides is 1. The Balaban J connectivity index is 1.73. The van der Waals surface area contributed by atoms with Gasteiger partial charge in [-0.15, -0.1) is 0 Å². The number of hydrogen-bond donors (Lipinski definition) is 1. The van der Waals surface area contributed by atoms with E-state index in [4.69, 9.17) is 0 Å². The molecule has 0 saturated carbocycles. The highest BCUT2D eigenvalue weighted by Gasteiger charge is 2.31. The molecule has 1 aliphatic heterocycles. The molecule has 1 fully saturated rings. The fourth-order valence-corrected chi connectivity index (χ4v) is 5.05. The van der Waals surface area contributed by atoms with Gasteiger partial charge in [0, 0.05) is 36.7 Å². The van der Waals surface area contributed by atoms with Crippen molar-refractivity contribution in [3.63, 3.8) is 0 Å². The van der Waals surface area contributed by atoms with Crippen LogP contribution >= 0.6 is 0 Å². The second-order valence-electron chi connectivity index (χ2n) is 6.98. The van der Waals surface area contributed by atoms with Crippen molar-refractivity contribution in [2.24, 2.45) is 11.8 Å². The van der Waals surface area contributed by atoms with Crippen LogP contribution in [0.2, 0.25) is 0 Å². The van der Waals surface area contributed by atoms with E-state index in [1.54, 1.807) is 53.1 Å². The Bertz CT molecular complexity index is 857. The van der Waals surface area contributed by atoms with Crippen LogP contribution in [0.25, 0.3) is 0 Å². The van der Waals surface area contributed by atoms with Gasteiger partial charge in [0.05, 0.1) is 4.90 Å². The maximum atomic E-state index is 12.9. The van der Waals surface area contributed by atoms with Gasteiger partial charge < -0.3 is 5.32 Å². The minimum Gasteiger partial charge on any atom is -0.322 e. The molecule has 0 aliphatic carbocycles. The summed E-state index contributed by atoms with van der Waals surface area (Å²) in [6.45, 7) is 5.26. The Morgan fingerprint density at radius 1 is 1.04 bits per heavy atom. The third-order valence-corrected chi connectivity index (χ3v) is 6.37. The van der Waals surface area contributed by atoms with Crippen molar-refractivity contribution in [1.29, 1.82) is 0 Å². The first-order valence-electron chi connectivity index (χ1n) is 8.68. The molecule has 1 saturated heterocycles. The first kappa shape index (κ1) is 18.5. The molecule has 2 atom stereocenters. The molecule has 1 aromatic carbocycles. The van der Waals surface area contributed by atoms with Crippen LogP contribution in [0.5, 0.6) is 0 Å². The molecule has 0 spiro atoms. The number of aromatic nitrogens is 1. The average Bonchev–Trinajstić information content (AvgIpc) is 2.62. The van der Waals surface area contributed by atoms with E-state index in [0.717, 1.165) is 6.42 Å². The van der Waals surface area contributed by atoms with Crippen molar-refractivity contribution in [1.82, 2.24) is 9.29 Å². The maximum Gasteiger partial charge on any atom is 0.255 e. The minimum atomic E-state index is -3.51. The molecule has 6 nitrogen and oxygen atoms in total. The van der Waals surface area contributed by atoms with Crippen molar-refractivity contribution >= 4 is 21.6 Å². The predicted molar refractivity (Wildman–Crippen MR) is 100 cm³/mol. The van der Waals surface area contributed by atoms with Crippen molar-refractivity contribution in [2.45, 2.75) is 25.2 Å². The van der Waals surface area contributed by atoms with Gasteiger partial charge in [-0.1, -0.05) is 13.8 Å². The summed E-state index contributed by atoms with van der Waals surface area (Å²) in [7, 11) is -3.51. The Morgan fingerprint density at radius 3 is 2.19 bits per heavy atom. The van der Waals surface area contributed by atoms with E-state index >= 15 is 0 Å². The standard InChI is InChI=1S/C19H23N3O3S/c1-14-11-15(2)13-22(12-14)26(24,25)18-5-3-17(4-6-18)21-19(23)16-7-9-20-10-8-16/h3-10,14-15H,11-13H2,1-2H3,(H,21,23)/t14-,15-/m1/s1. The van der Waals surface area contributed by atoms with Crippen molar-refractivity contribution in [3.05, 3.63) is 54.4 Å². The summed E-state index contributed by atoms with van der Waals surface area (Å²) >= 11 is 0. The van der Waals surface area contributed by atoms with Crippen LogP contribution in [0.15, 0.2) is 53.7 Å². The van der Waals surface area contributed by atoms with Gasteiger partial charge in [-0.05, 0) is 54.7 Å². The lowest BCUT2D eigenvalue weighted by Crippen LogP contribution is -2.42. The quantitative estimate of drug-likeness (QED) is 0.893. The number of anilines is 1. The Labute approximate surface area is 154 Å². The van der Waals surface area contributed by atoms with Crippen LogP contribution in [0.1, 0.15) is 30.6 Å². The molecule has 2 heterocycles. The molecule has 7 heteroatoms. The second kappa shape index (κ2) is 7.55. The van der Waals surface area contributed by atoms with Crippen LogP contribution in [0, 0.1) is 11.8 Å². The first-order valence-corrected chi connectivity index (χ1v) is 10.1. The first-order chi connectivity index (χ1) is 12.4. The molecular formula is C19H23N3O3S. The molecule has 1 N–H and O–H groups in total. The summed E-state index contributed by atoms with van der Waals surface area (Å²) in [6.07, 6.45) is 4.14. The van der Waals surface area contributed by atoms with Crippen molar-refractivity contribution in [2.75, 3.05) is 18.4 Å². The van der Waals surface area contributed by atoms with E-state index in [2.05, 4.69) is 24.1 Å². The molecule has 0 bridgehead atoms. The monoisotopic (exact) mass is 373 g/mol. The number of nitrogens with zero attached hydrogens (tertiary/aromatic N) is 2. The lowest BCUT2D eigenvalue weighted by atomic mass is 9.94. The highest BCUT2D eigenvalue weighted by Crippen LogP contribution is 2.27. The van der Waals surface area contributed by atoms with E-state index in [0.29, 0.717) is 36.2 Å². The number of hydrogen-bond acceptors (Lipinski definition) is 4. The molecule has 1 amide bonds. The number of nitrogens with one attached hydrogen (secondary N) is 1. The van der Waals surface area contributed by atoms with Crippen molar-refractivity contribution < 1.29 is 13.2 Å². The van der Waals surface area contributed by atoms with Gasteiger partial charge in [-0.25, -0.2) is 8.42 Å². The topological polar surface area (TPSA) is 79.4 Å². The maximum absolute atomic E-state index is 12.9. The number of piperidine rings is 1. The van der Waals surface area contributed by atoms with Gasteiger partial charge in [0.2, 0.25) is 10.0 Å². The largest absolute Gasteiger partial charge is 0.322 e. The van der Waals surface area contributed by atoms with E-state index < -0.39 is 10.0 Å². The molecule has 138 valence electrons. The highest BCUT2D eigenvalue weighted by molar-refractivity contribution is 7.89. The normalized spacial score (nSPS) is 21.3. The highest BCUT2D eigenvalue weighted by atomic mass is 32.2.